The van der Waals surface area contributed by atoms with Crippen LogP contribution in [0.25, 0.3) is 5.69 Å². The van der Waals surface area contributed by atoms with Crippen molar-refractivity contribution in [3.05, 3.63) is 53.7 Å². The summed E-state index contributed by atoms with van der Waals surface area (Å²) in [6.45, 7) is 1.73. The van der Waals surface area contributed by atoms with Crippen molar-refractivity contribution in [3.8, 4) is 17.6 Å². The van der Waals surface area contributed by atoms with E-state index in [-0.39, 0.29) is 6.01 Å². The van der Waals surface area contributed by atoms with Gasteiger partial charge in [-0.1, -0.05) is 29.8 Å². The molecule has 0 fully saturated rings. The summed E-state index contributed by atoms with van der Waals surface area (Å²) in [6, 6.07) is 11.3. The number of rotatable bonds is 3. The Kier molecular flexibility index (Phi) is 3.30. The molecule has 2 aromatic heterocycles. The minimum absolute atomic E-state index is 0.197. The van der Waals surface area contributed by atoms with Crippen molar-refractivity contribution in [2.24, 2.45) is 0 Å². The lowest BCUT2D eigenvalue weighted by Crippen LogP contribution is -1.96. The quantitative estimate of drug-likeness (QED) is 0.693. The molecule has 0 aliphatic carbocycles. The van der Waals surface area contributed by atoms with Crippen LogP contribution in [0.3, 0.4) is 0 Å². The molecule has 7 heteroatoms. The lowest BCUT2D eigenvalue weighted by atomic mass is 10.3. The number of hydrogen-bond acceptors (Lipinski definition) is 5. The van der Waals surface area contributed by atoms with Gasteiger partial charge >= 0.3 is 6.01 Å². The number of nitrogens with zero attached hydrogens (tertiary/aromatic N) is 5. The summed E-state index contributed by atoms with van der Waals surface area (Å²) in [5.74, 6) is 0.836. The average molecular weight is 288 g/mol. The maximum absolute atomic E-state index is 5.84. The van der Waals surface area contributed by atoms with Crippen molar-refractivity contribution < 1.29 is 4.74 Å². The van der Waals surface area contributed by atoms with Crippen LogP contribution in [0.15, 0.2) is 42.7 Å². The van der Waals surface area contributed by atoms with Crippen LogP contribution < -0.4 is 4.74 Å². The summed E-state index contributed by atoms with van der Waals surface area (Å²) in [5.41, 5.74) is 0.895. The van der Waals surface area contributed by atoms with Gasteiger partial charge in [-0.15, -0.1) is 5.10 Å². The van der Waals surface area contributed by atoms with Gasteiger partial charge in [0.1, 0.15) is 17.3 Å². The standard InChI is InChI=1S/C13H10ClN5O/c1-9-16-11(14)7-12(17-9)20-13-15-8-19(18-13)10-5-3-2-4-6-10/h2-8H,1H3. The second-order valence-electron chi connectivity index (χ2n) is 3.99. The van der Waals surface area contributed by atoms with Crippen LogP contribution in [0, 0.1) is 6.92 Å². The largest absolute Gasteiger partial charge is 0.404 e. The van der Waals surface area contributed by atoms with Crippen LogP contribution in [-0.4, -0.2) is 24.7 Å². The van der Waals surface area contributed by atoms with E-state index in [4.69, 9.17) is 16.3 Å². The van der Waals surface area contributed by atoms with E-state index in [2.05, 4.69) is 20.1 Å². The maximum Gasteiger partial charge on any atom is 0.342 e. The molecule has 0 bridgehead atoms. The third-order valence-electron chi connectivity index (χ3n) is 2.47. The fourth-order valence-electron chi connectivity index (χ4n) is 1.65. The van der Waals surface area contributed by atoms with E-state index in [1.807, 2.05) is 30.3 Å². The molecule has 3 rings (SSSR count). The fraction of sp³-hybridized carbons (Fsp3) is 0.0769. The molecular formula is C13H10ClN5O. The second-order valence-corrected chi connectivity index (χ2v) is 4.37. The highest BCUT2D eigenvalue weighted by Gasteiger charge is 2.07. The first-order valence-corrected chi connectivity index (χ1v) is 6.24. The average Bonchev–Trinajstić information content (AvgIpc) is 2.87. The van der Waals surface area contributed by atoms with Crippen LogP contribution in [0.4, 0.5) is 0 Å². The third kappa shape index (κ3) is 2.75. The number of aromatic nitrogens is 5. The topological polar surface area (TPSA) is 65.7 Å². The summed E-state index contributed by atoms with van der Waals surface area (Å²) >= 11 is 5.84. The third-order valence-corrected chi connectivity index (χ3v) is 2.66. The second kappa shape index (κ2) is 5.26. The van der Waals surface area contributed by atoms with E-state index < -0.39 is 0 Å². The number of hydrogen-bond donors (Lipinski definition) is 0. The molecule has 1 aromatic carbocycles. The summed E-state index contributed by atoms with van der Waals surface area (Å²) in [5, 5.41) is 4.53. The summed E-state index contributed by atoms with van der Waals surface area (Å²) in [4.78, 5) is 12.1. The van der Waals surface area contributed by atoms with Gasteiger partial charge in [-0.2, -0.15) is 9.97 Å². The zero-order valence-electron chi connectivity index (χ0n) is 10.6. The van der Waals surface area contributed by atoms with E-state index in [0.717, 1.165) is 5.69 Å². The van der Waals surface area contributed by atoms with Crippen LogP contribution in [0.5, 0.6) is 11.9 Å². The Morgan fingerprint density at radius 1 is 1.15 bits per heavy atom. The molecule has 0 saturated heterocycles. The van der Waals surface area contributed by atoms with Crippen molar-refractivity contribution >= 4 is 11.6 Å². The number of para-hydroxylation sites is 1. The van der Waals surface area contributed by atoms with Gasteiger partial charge in [-0.25, -0.2) is 9.67 Å². The number of halogens is 1. The first-order chi connectivity index (χ1) is 9.70. The molecule has 0 spiro atoms. The van der Waals surface area contributed by atoms with Crippen molar-refractivity contribution in [2.75, 3.05) is 0 Å². The predicted octanol–water partition coefficient (Wildman–Crippen LogP) is 2.81. The molecule has 0 aliphatic rings. The van der Waals surface area contributed by atoms with Gasteiger partial charge in [0.15, 0.2) is 0 Å². The number of ether oxygens (including phenoxy) is 1. The van der Waals surface area contributed by atoms with Crippen molar-refractivity contribution in [3.63, 3.8) is 0 Å². The first-order valence-electron chi connectivity index (χ1n) is 5.87. The van der Waals surface area contributed by atoms with Crippen LogP contribution >= 0.6 is 11.6 Å². The first kappa shape index (κ1) is 12.6. The van der Waals surface area contributed by atoms with E-state index in [1.54, 1.807) is 17.9 Å². The lowest BCUT2D eigenvalue weighted by molar-refractivity contribution is 0.422. The highest BCUT2D eigenvalue weighted by molar-refractivity contribution is 6.29. The number of aryl methyl sites for hydroxylation is 1. The molecule has 0 atom stereocenters. The molecular weight excluding hydrogens is 278 g/mol. The fourth-order valence-corrected chi connectivity index (χ4v) is 1.87. The molecule has 100 valence electrons. The van der Waals surface area contributed by atoms with Crippen molar-refractivity contribution in [1.29, 1.82) is 0 Å². The van der Waals surface area contributed by atoms with Crippen LogP contribution in [0.1, 0.15) is 5.82 Å². The van der Waals surface area contributed by atoms with Gasteiger partial charge < -0.3 is 4.74 Å². The van der Waals surface area contributed by atoms with E-state index in [9.17, 15) is 0 Å². The normalized spacial score (nSPS) is 10.5. The van der Waals surface area contributed by atoms with Crippen LogP contribution in [-0.2, 0) is 0 Å². The van der Waals surface area contributed by atoms with Gasteiger partial charge in [0, 0.05) is 6.07 Å². The lowest BCUT2D eigenvalue weighted by Gasteiger charge is -2.01. The van der Waals surface area contributed by atoms with Gasteiger partial charge in [-0.05, 0) is 19.1 Å². The minimum atomic E-state index is 0.197. The Hall–Kier alpha value is -2.47. The van der Waals surface area contributed by atoms with E-state index in [0.29, 0.717) is 16.9 Å². The highest BCUT2D eigenvalue weighted by atomic mass is 35.5. The van der Waals surface area contributed by atoms with Crippen LogP contribution in [0.2, 0.25) is 5.15 Å². The molecule has 3 aromatic rings. The predicted molar refractivity (Wildman–Crippen MR) is 73.2 cm³/mol. The van der Waals surface area contributed by atoms with E-state index in [1.165, 1.54) is 6.07 Å². The molecule has 0 saturated carbocycles. The number of benzene rings is 1. The zero-order valence-corrected chi connectivity index (χ0v) is 11.3. The zero-order chi connectivity index (χ0) is 13.9. The van der Waals surface area contributed by atoms with E-state index >= 15 is 0 Å². The van der Waals surface area contributed by atoms with Gasteiger partial charge in [0.05, 0.1) is 5.69 Å². The Bertz CT molecular complexity index is 708. The molecule has 6 nitrogen and oxygen atoms in total. The molecule has 20 heavy (non-hydrogen) atoms. The SMILES string of the molecule is Cc1nc(Cl)cc(Oc2ncn(-c3ccccc3)n2)n1. The molecule has 0 amide bonds. The van der Waals surface area contributed by atoms with Crippen molar-refractivity contribution in [2.45, 2.75) is 6.92 Å². The highest BCUT2D eigenvalue weighted by Crippen LogP contribution is 2.18. The summed E-state index contributed by atoms with van der Waals surface area (Å²) in [7, 11) is 0. The van der Waals surface area contributed by atoms with Gasteiger partial charge in [0.2, 0.25) is 5.88 Å². The van der Waals surface area contributed by atoms with Gasteiger partial charge in [0.25, 0.3) is 0 Å². The summed E-state index contributed by atoms with van der Waals surface area (Å²) < 4.78 is 7.08. The Morgan fingerprint density at radius 2 is 1.95 bits per heavy atom. The Morgan fingerprint density at radius 3 is 2.70 bits per heavy atom. The molecule has 0 N–H and O–H groups in total. The smallest absolute Gasteiger partial charge is 0.342 e. The Balaban J connectivity index is 1.84. The molecule has 0 unspecified atom stereocenters. The van der Waals surface area contributed by atoms with Gasteiger partial charge in [-0.3, -0.25) is 0 Å². The molecule has 0 aliphatic heterocycles. The molecule has 0 radical (unpaired) electrons. The van der Waals surface area contributed by atoms with Crippen molar-refractivity contribution in [1.82, 2.24) is 24.7 Å². The summed E-state index contributed by atoms with van der Waals surface area (Å²) in [6.07, 6.45) is 1.57. The molecule has 2 heterocycles. The minimum Gasteiger partial charge on any atom is -0.404 e. The monoisotopic (exact) mass is 287 g/mol. The Labute approximate surface area is 120 Å². The maximum atomic E-state index is 5.84.